The summed E-state index contributed by atoms with van der Waals surface area (Å²) in [7, 11) is 2.12. The lowest BCUT2D eigenvalue weighted by atomic mass is 10.2. The van der Waals surface area contributed by atoms with Crippen molar-refractivity contribution in [1.82, 2.24) is 15.3 Å². The van der Waals surface area contributed by atoms with E-state index in [1.54, 1.807) is 12.3 Å². The lowest BCUT2D eigenvalue weighted by molar-refractivity contribution is 0.0948. The van der Waals surface area contributed by atoms with Crippen molar-refractivity contribution < 1.29 is 4.79 Å². The van der Waals surface area contributed by atoms with Gasteiger partial charge in [0.2, 0.25) is 0 Å². The molecule has 1 aromatic rings. The molecule has 17 heavy (non-hydrogen) atoms. The van der Waals surface area contributed by atoms with Crippen LogP contribution in [0.4, 0.5) is 5.69 Å². The number of carbonyl (C=O) groups excluding carboxylic acids is 1. The second kappa shape index (κ2) is 5.11. The fourth-order valence-electron chi connectivity index (χ4n) is 1.85. The van der Waals surface area contributed by atoms with Gasteiger partial charge in [0.25, 0.3) is 5.91 Å². The number of likely N-dealkylation sites (N-methyl/N-ethyl adjacent to an activating group) is 1. The molecule has 1 aromatic heterocycles. The zero-order chi connectivity index (χ0) is 12.3. The average Bonchev–Trinajstić information content (AvgIpc) is 2.39. The minimum Gasteiger partial charge on any atom is -0.368 e. The average molecular weight is 235 g/mol. The third kappa shape index (κ3) is 2.72. The molecule has 92 valence electrons. The predicted octanol–water partition coefficient (Wildman–Crippen LogP) is -0.563. The molecule has 2 rings (SSSR count). The third-order valence-electron chi connectivity index (χ3n) is 2.98. The van der Waals surface area contributed by atoms with Gasteiger partial charge in [0.05, 0.1) is 11.9 Å². The summed E-state index contributed by atoms with van der Waals surface area (Å²) in [6.07, 6.45) is 1.72. The summed E-state index contributed by atoms with van der Waals surface area (Å²) in [6.45, 7) is 4.07. The van der Waals surface area contributed by atoms with Crippen molar-refractivity contribution >= 4 is 11.6 Å². The molecule has 0 spiro atoms. The first kappa shape index (κ1) is 11.8. The standard InChI is InChI=1S/C11H17N5O/c1-15-4-6-16(7-5-15)9-2-3-10(13-8-9)11(17)14-12/h2-3,8H,4-7,12H2,1H3,(H,14,17). The number of nitrogens with zero attached hydrogens (tertiary/aromatic N) is 3. The molecule has 0 aliphatic carbocycles. The first-order valence-electron chi connectivity index (χ1n) is 5.61. The zero-order valence-electron chi connectivity index (χ0n) is 9.89. The Balaban J connectivity index is 2.05. The van der Waals surface area contributed by atoms with Gasteiger partial charge in [0.1, 0.15) is 5.69 Å². The fourth-order valence-corrected chi connectivity index (χ4v) is 1.85. The van der Waals surface area contributed by atoms with Gasteiger partial charge in [-0.15, -0.1) is 0 Å². The monoisotopic (exact) mass is 235 g/mol. The van der Waals surface area contributed by atoms with Gasteiger partial charge in [-0.05, 0) is 19.2 Å². The highest BCUT2D eigenvalue weighted by Crippen LogP contribution is 2.14. The minimum atomic E-state index is -0.366. The van der Waals surface area contributed by atoms with Crippen LogP contribution in [0.2, 0.25) is 0 Å². The Kier molecular flexibility index (Phi) is 3.55. The van der Waals surface area contributed by atoms with Crippen LogP contribution in [0.5, 0.6) is 0 Å². The van der Waals surface area contributed by atoms with Crippen molar-refractivity contribution in [2.24, 2.45) is 5.84 Å². The number of aromatic nitrogens is 1. The van der Waals surface area contributed by atoms with Crippen LogP contribution >= 0.6 is 0 Å². The molecule has 3 N–H and O–H groups in total. The molecular formula is C11H17N5O. The number of nitrogens with two attached hydrogens (primary N) is 1. The van der Waals surface area contributed by atoms with Crippen molar-refractivity contribution in [3.05, 3.63) is 24.0 Å². The van der Waals surface area contributed by atoms with Crippen molar-refractivity contribution in [2.75, 3.05) is 38.1 Å². The molecule has 1 amide bonds. The Hall–Kier alpha value is -1.66. The smallest absolute Gasteiger partial charge is 0.283 e. The van der Waals surface area contributed by atoms with E-state index < -0.39 is 0 Å². The molecule has 1 aliphatic heterocycles. The van der Waals surface area contributed by atoms with Crippen molar-refractivity contribution in [3.8, 4) is 0 Å². The number of rotatable bonds is 2. The summed E-state index contributed by atoms with van der Waals surface area (Å²) in [4.78, 5) is 19.9. The van der Waals surface area contributed by atoms with E-state index in [-0.39, 0.29) is 5.91 Å². The molecule has 6 heteroatoms. The number of pyridine rings is 1. The lowest BCUT2D eigenvalue weighted by Crippen LogP contribution is -2.44. The highest BCUT2D eigenvalue weighted by Gasteiger charge is 2.14. The highest BCUT2D eigenvalue weighted by molar-refractivity contribution is 5.91. The zero-order valence-corrected chi connectivity index (χ0v) is 9.89. The van der Waals surface area contributed by atoms with Crippen LogP contribution < -0.4 is 16.2 Å². The Bertz CT molecular complexity index is 383. The maximum absolute atomic E-state index is 11.2. The van der Waals surface area contributed by atoms with Crippen LogP contribution in [0.3, 0.4) is 0 Å². The van der Waals surface area contributed by atoms with E-state index in [0.29, 0.717) is 5.69 Å². The summed E-state index contributed by atoms with van der Waals surface area (Å²) < 4.78 is 0. The Labute approximate surface area is 100 Å². The van der Waals surface area contributed by atoms with Crippen LogP contribution in [0.1, 0.15) is 10.5 Å². The number of hydrogen-bond acceptors (Lipinski definition) is 5. The molecule has 1 fully saturated rings. The molecular weight excluding hydrogens is 218 g/mol. The van der Waals surface area contributed by atoms with E-state index in [4.69, 9.17) is 5.84 Å². The van der Waals surface area contributed by atoms with Gasteiger partial charge in [-0.2, -0.15) is 0 Å². The summed E-state index contributed by atoms with van der Waals surface area (Å²) in [6, 6.07) is 3.60. The maximum atomic E-state index is 11.2. The van der Waals surface area contributed by atoms with Crippen molar-refractivity contribution in [1.29, 1.82) is 0 Å². The molecule has 0 aromatic carbocycles. The van der Waals surface area contributed by atoms with E-state index in [2.05, 4.69) is 27.3 Å². The third-order valence-corrected chi connectivity index (χ3v) is 2.98. The number of anilines is 1. The Morgan fingerprint density at radius 2 is 2.06 bits per heavy atom. The molecule has 2 heterocycles. The van der Waals surface area contributed by atoms with E-state index in [1.807, 2.05) is 6.07 Å². The largest absolute Gasteiger partial charge is 0.368 e. The first-order chi connectivity index (χ1) is 8.20. The van der Waals surface area contributed by atoms with Gasteiger partial charge >= 0.3 is 0 Å². The summed E-state index contributed by atoms with van der Waals surface area (Å²) in [5, 5.41) is 0. The van der Waals surface area contributed by atoms with Crippen molar-refractivity contribution in [3.63, 3.8) is 0 Å². The SMILES string of the molecule is CN1CCN(c2ccc(C(=O)NN)nc2)CC1. The number of amides is 1. The number of nitrogen functional groups attached to an aromatic ring is 1. The minimum absolute atomic E-state index is 0.338. The molecule has 0 radical (unpaired) electrons. The van der Waals surface area contributed by atoms with Crippen LogP contribution in [0.25, 0.3) is 0 Å². The lowest BCUT2D eigenvalue weighted by Gasteiger charge is -2.33. The number of piperazine rings is 1. The second-order valence-corrected chi connectivity index (χ2v) is 4.17. The van der Waals surface area contributed by atoms with E-state index in [1.165, 1.54) is 0 Å². The Morgan fingerprint density at radius 3 is 2.59 bits per heavy atom. The summed E-state index contributed by atoms with van der Waals surface area (Å²) >= 11 is 0. The molecule has 0 bridgehead atoms. The van der Waals surface area contributed by atoms with Gasteiger partial charge < -0.3 is 9.80 Å². The van der Waals surface area contributed by atoms with Crippen molar-refractivity contribution in [2.45, 2.75) is 0 Å². The molecule has 1 saturated heterocycles. The van der Waals surface area contributed by atoms with Gasteiger partial charge in [-0.3, -0.25) is 10.2 Å². The first-order valence-corrected chi connectivity index (χ1v) is 5.61. The number of nitrogens with one attached hydrogen (secondary N) is 1. The Morgan fingerprint density at radius 1 is 1.35 bits per heavy atom. The molecule has 6 nitrogen and oxygen atoms in total. The highest BCUT2D eigenvalue weighted by atomic mass is 16.2. The fraction of sp³-hybridized carbons (Fsp3) is 0.455. The second-order valence-electron chi connectivity index (χ2n) is 4.17. The van der Waals surface area contributed by atoms with Crippen LogP contribution in [0, 0.1) is 0 Å². The topological polar surface area (TPSA) is 74.5 Å². The quantitative estimate of drug-likeness (QED) is 0.408. The number of carbonyl (C=O) groups is 1. The maximum Gasteiger partial charge on any atom is 0.283 e. The van der Waals surface area contributed by atoms with Gasteiger partial charge in [-0.1, -0.05) is 0 Å². The summed E-state index contributed by atoms with van der Waals surface area (Å²) in [5.74, 6) is 4.68. The van der Waals surface area contributed by atoms with Gasteiger partial charge in [0.15, 0.2) is 0 Å². The van der Waals surface area contributed by atoms with Gasteiger partial charge in [-0.25, -0.2) is 10.8 Å². The van der Waals surface area contributed by atoms with E-state index >= 15 is 0 Å². The number of hydrazine groups is 1. The molecule has 0 saturated carbocycles. The molecule has 0 atom stereocenters. The summed E-state index contributed by atoms with van der Waals surface area (Å²) in [5.41, 5.74) is 3.45. The van der Waals surface area contributed by atoms with E-state index in [9.17, 15) is 4.79 Å². The van der Waals surface area contributed by atoms with E-state index in [0.717, 1.165) is 31.9 Å². The molecule has 0 unspecified atom stereocenters. The number of hydrogen-bond donors (Lipinski definition) is 2. The van der Waals surface area contributed by atoms with Gasteiger partial charge in [0, 0.05) is 26.2 Å². The van der Waals surface area contributed by atoms with Crippen LogP contribution in [0.15, 0.2) is 18.3 Å². The van der Waals surface area contributed by atoms with Crippen LogP contribution in [-0.4, -0.2) is 49.0 Å². The molecule has 1 aliphatic rings. The predicted molar refractivity (Wildman–Crippen MR) is 65.6 cm³/mol. The normalized spacial score (nSPS) is 16.9. The van der Waals surface area contributed by atoms with Crippen LogP contribution in [-0.2, 0) is 0 Å².